The molecule has 0 bridgehead atoms. The number of rotatable bonds is 9. The first-order chi connectivity index (χ1) is 21.0. The molecular formula is C35H35N3O6. The lowest BCUT2D eigenvalue weighted by molar-refractivity contribution is -0.121. The molecule has 0 saturated carbocycles. The number of methoxy groups -OCH3 is 2. The van der Waals surface area contributed by atoms with Crippen molar-refractivity contribution in [2.24, 2.45) is 0 Å². The van der Waals surface area contributed by atoms with E-state index in [4.69, 9.17) is 14.2 Å². The molecule has 9 heteroatoms. The molecule has 0 radical (unpaired) electrons. The van der Waals surface area contributed by atoms with Crippen molar-refractivity contribution in [3.05, 3.63) is 95.6 Å². The van der Waals surface area contributed by atoms with E-state index in [-0.39, 0.29) is 23.0 Å². The first-order valence-corrected chi connectivity index (χ1v) is 14.1. The van der Waals surface area contributed by atoms with Gasteiger partial charge in [-0.05, 0) is 68.8 Å². The molecule has 5 rings (SSSR count). The average Bonchev–Trinajstić information content (AvgIpc) is 3.02. The number of hydrogen-bond donors (Lipinski definition) is 2. The van der Waals surface area contributed by atoms with Gasteiger partial charge in [0.1, 0.15) is 22.8 Å². The van der Waals surface area contributed by atoms with Gasteiger partial charge < -0.3 is 29.7 Å². The van der Waals surface area contributed by atoms with Crippen LogP contribution >= 0.6 is 0 Å². The highest BCUT2D eigenvalue weighted by atomic mass is 16.5. The van der Waals surface area contributed by atoms with Crippen molar-refractivity contribution in [2.45, 2.75) is 32.9 Å². The number of ketones is 1. The third kappa shape index (κ3) is 5.81. The van der Waals surface area contributed by atoms with E-state index in [1.165, 1.54) is 13.0 Å². The molecule has 0 atom stereocenters. The van der Waals surface area contributed by atoms with E-state index in [9.17, 15) is 14.4 Å². The number of Topliss-reactive ketones (excluding diaryl/α,β-unsaturated/α-hetero) is 1. The number of esters is 1. The smallest absolute Gasteiger partial charge is 0.343 e. The van der Waals surface area contributed by atoms with Crippen molar-refractivity contribution in [2.75, 3.05) is 36.8 Å². The SMILES string of the molecule is COc1ccccc1NCc1c(-c2ccc(OC(=O)c3cccc(C(C)=O)c3)cc2OC)ccc2c1N(C)C(=O)C(C)(C)N2. The predicted octanol–water partition coefficient (Wildman–Crippen LogP) is 6.57. The van der Waals surface area contributed by atoms with Gasteiger partial charge in [-0.1, -0.05) is 30.3 Å². The van der Waals surface area contributed by atoms with Crippen LogP contribution in [0.2, 0.25) is 0 Å². The van der Waals surface area contributed by atoms with Crippen LogP contribution in [0.15, 0.2) is 78.9 Å². The standard InChI is InChI=1S/C35H35N3O6/c1-21(39)22-10-9-11-23(18-22)33(40)44-24-14-15-26(31(19-24)43-6)25-16-17-29-32(38(4)34(41)35(2,3)37-29)27(25)20-36-28-12-7-8-13-30(28)42-5/h7-19,36-37H,20H2,1-6H3. The third-order valence-electron chi connectivity index (χ3n) is 7.65. The summed E-state index contributed by atoms with van der Waals surface area (Å²) in [7, 11) is 4.95. The van der Waals surface area contributed by atoms with Gasteiger partial charge in [0, 0.05) is 36.3 Å². The maximum Gasteiger partial charge on any atom is 0.343 e. The van der Waals surface area contributed by atoms with E-state index < -0.39 is 11.5 Å². The van der Waals surface area contributed by atoms with Crippen molar-refractivity contribution >= 4 is 34.7 Å². The average molecular weight is 594 g/mol. The summed E-state index contributed by atoms with van der Waals surface area (Å²) < 4.78 is 17.0. The molecule has 1 heterocycles. The molecule has 1 aliphatic heterocycles. The Kier molecular flexibility index (Phi) is 8.31. The molecule has 44 heavy (non-hydrogen) atoms. The minimum atomic E-state index is -0.774. The first-order valence-electron chi connectivity index (χ1n) is 14.1. The highest BCUT2D eigenvalue weighted by Gasteiger charge is 2.38. The summed E-state index contributed by atoms with van der Waals surface area (Å²) in [5, 5.41) is 6.87. The van der Waals surface area contributed by atoms with Crippen molar-refractivity contribution in [1.29, 1.82) is 0 Å². The van der Waals surface area contributed by atoms with Gasteiger partial charge in [-0.3, -0.25) is 9.59 Å². The Labute approximate surface area is 256 Å². The number of hydrogen-bond acceptors (Lipinski definition) is 8. The number of carbonyl (C=O) groups is 3. The van der Waals surface area contributed by atoms with Crippen molar-refractivity contribution in [1.82, 2.24) is 0 Å². The van der Waals surface area contributed by atoms with Gasteiger partial charge in [0.15, 0.2) is 5.78 Å². The van der Waals surface area contributed by atoms with Crippen LogP contribution in [-0.4, -0.2) is 44.5 Å². The molecule has 2 N–H and O–H groups in total. The van der Waals surface area contributed by atoms with Crippen LogP contribution in [0.3, 0.4) is 0 Å². The highest BCUT2D eigenvalue weighted by molar-refractivity contribution is 6.09. The van der Waals surface area contributed by atoms with E-state index in [2.05, 4.69) is 10.6 Å². The van der Waals surface area contributed by atoms with Gasteiger partial charge in [-0.15, -0.1) is 0 Å². The second kappa shape index (κ2) is 12.1. The number of nitrogens with zero attached hydrogens (tertiary/aromatic N) is 1. The lowest BCUT2D eigenvalue weighted by atomic mass is 9.91. The largest absolute Gasteiger partial charge is 0.496 e. The molecule has 226 valence electrons. The fourth-order valence-electron chi connectivity index (χ4n) is 5.43. The van der Waals surface area contributed by atoms with Crippen molar-refractivity contribution in [3.8, 4) is 28.4 Å². The summed E-state index contributed by atoms with van der Waals surface area (Å²) in [6.07, 6.45) is 0. The van der Waals surface area contributed by atoms with E-state index in [1.807, 2.05) is 56.3 Å². The van der Waals surface area contributed by atoms with Crippen LogP contribution in [0.4, 0.5) is 17.1 Å². The summed E-state index contributed by atoms with van der Waals surface area (Å²) in [6.45, 7) is 5.52. The van der Waals surface area contributed by atoms with Crippen LogP contribution in [0.1, 0.15) is 47.1 Å². The fourth-order valence-corrected chi connectivity index (χ4v) is 5.43. The Morgan fingerprint density at radius 3 is 2.30 bits per heavy atom. The van der Waals surface area contributed by atoms with Gasteiger partial charge in [0.05, 0.1) is 36.8 Å². The Balaban J connectivity index is 1.55. The summed E-state index contributed by atoms with van der Waals surface area (Å²) in [5.74, 6) is 0.657. The van der Waals surface area contributed by atoms with E-state index in [1.54, 1.807) is 56.5 Å². The Morgan fingerprint density at radius 1 is 0.864 bits per heavy atom. The van der Waals surface area contributed by atoms with Gasteiger partial charge >= 0.3 is 5.97 Å². The molecule has 0 unspecified atom stereocenters. The number of likely N-dealkylation sites (N-methyl/N-ethyl adjacent to an activating group) is 1. The number of carbonyl (C=O) groups excluding carboxylic acids is 3. The van der Waals surface area contributed by atoms with Gasteiger partial charge in [0.2, 0.25) is 0 Å². The second-order valence-corrected chi connectivity index (χ2v) is 11.0. The molecule has 4 aromatic rings. The molecule has 1 aliphatic rings. The van der Waals surface area contributed by atoms with Gasteiger partial charge in [-0.25, -0.2) is 4.79 Å². The molecule has 4 aromatic carbocycles. The summed E-state index contributed by atoms with van der Waals surface area (Å²) in [5.41, 5.74) is 4.73. The second-order valence-electron chi connectivity index (χ2n) is 11.0. The molecular weight excluding hydrogens is 558 g/mol. The van der Waals surface area contributed by atoms with Crippen LogP contribution < -0.4 is 29.7 Å². The van der Waals surface area contributed by atoms with Crippen molar-refractivity contribution in [3.63, 3.8) is 0 Å². The van der Waals surface area contributed by atoms with Gasteiger partial charge in [0.25, 0.3) is 5.91 Å². The number of para-hydroxylation sites is 2. The monoisotopic (exact) mass is 593 g/mol. The topological polar surface area (TPSA) is 106 Å². The lowest BCUT2D eigenvalue weighted by Gasteiger charge is -2.40. The number of nitrogens with one attached hydrogen (secondary N) is 2. The lowest BCUT2D eigenvalue weighted by Crippen LogP contribution is -2.52. The molecule has 9 nitrogen and oxygen atoms in total. The number of anilines is 3. The summed E-state index contributed by atoms with van der Waals surface area (Å²) >= 11 is 0. The van der Waals surface area contributed by atoms with E-state index in [0.717, 1.165) is 33.8 Å². The molecule has 0 spiro atoms. The minimum Gasteiger partial charge on any atom is -0.496 e. The third-order valence-corrected chi connectivity index (χ3v) is 7.65. The number of ether oxygens (including phenoxy) is 3. The molecule has 0 aromatic heterocycles. The normalized spacial score (nSPS) is 13.4. The molecule has 0 aliphatic carbocycles. The van der Waals surface area contributed by atoms with Crippen LogP contribution in [0.5, 0.6) is 17.2 Å². The quantitative estimate of drug-likeness (QED) is 0.128. The van der Waals surface area contributed by atoms with Gasteiger partial charge in [-0.2, -0.15) is 0 Å². The Bertz CT molecular complexity index is 1760. The zero-order chi connectivity index (χ0) is 31.6. The van der Waals surface area contributed by atoms with E-state index in [0.29, 0.717) is 23.6 Å². The Morgan fingerprint density at radius 2 is 1.57 bits per heavy atom. The van der Waals surface area contributed by atoms with Crippen LogP contribution in [0.25, 0.3) is 11.1 Å². The minimum absolute atomic E-state index is 0.0660. The number of amides is 1. The highest BCUT2D eigenvalue weighted by Crippen LogP contribution is 2.45. The van der Waals surface area contributed by atoms with Crippen molar-refractivity contribution < 1.29 is 28.6 Å². The fraction of sp³-hybridized carbons (Fsp3) is 0.229. The maximum absolute atomic E-state index is 13.4. The molecule has 1 amide bonds. The zero-order valence-electron chi connectivity index (χ0n) is 25.6. The van der Waals surface area contributed by atoms with Crippen LogP contribution in [0, 0.1) is 0 Å². The number of fused-ring (bicyclic) bond motifs is 1. The first kappa shape index (κ1) is 30.2. The Hall–Kier alpha value is -5.31. The van der Waals surface area contributed by atoms with E-state index >= 15 is 0 Å². The van der Waals surface area contributed by atoms with Crippen LogP contribution in [-0.2, 0) is 11.3 Å². The zero-order valence-corrected chi connectivity index (χ0v) is 25.6. The maximum atomic E-state index is 13.4. The molecule has 0 saturated heterocycles. The predicted molar refractivity (Wildman–Crippen MR) is 171 cm³/mol. The number of benzene rings is 4. The molecule has 0 fully saturated rings. The summed E-state index contributed by atoms with van der Waals surface area (Å²) in [6, 6.07) is 23.1. The summed E-state index contributed by atoms with van der Waals surface area (Å²) in [4.78, 5) is 39.7.